The van der Waals surface area contributed by atoms with Crippen LogP contribution in [0.25, 0.3) is 0 Å². The third-order valence-electron chi connectivity index (χ3n) is 6.66. The number of urea groups is 1. The second-order valence-electron chi connectivity index (χ2n) is 9.74. The monoisotopic (exact) mass is 398 g/mol. The predicted octanol–water partition coefficient (Wildman–Crippen LogP) is 1.22. The van der Waals surface area contributed by atoms with Crippen molar-refractivity contribution in [3.05, 3.63) is 0 Å². The van der Waals surface area contributed by atoms with Gasteiger partial charge in [0.05, 0.1) is 0 Å². The van der Waals surface area contributed by atoms with Crippen molar-refractivity contribution in [3.63, 3.8) is 0 Å². The van der Waals surface area contributed by atoms with Crippen molar-refractivity contribution in [2.45, 2.75) is 45.6 Å². The molecule has 0 aromatic carbocycles. The lowest BCUT2D eigenvalue weighted by molar-refractivity contribution is -0.140. The molecule has 4 amide bonds. The molecule has 1 spiro atoms. The molecule has 0 aromatic rings. The Kier molecular flexibility index (Phi) is 5.23. The average molecular weight is 399 g/mol. The van der Waals surface area contributed by atoms with Crippen LogP contribution in [0.1, 0.15) is 40.0 Å². The van der Waals surface area contributed by atoms with Gasteiger partial charge >= 0.3 is 6.03 Å². The first kappa shape index (κ1) is 20.4. The number of carbonyl (C=O) groups is 3. The molecule has 1 saturated carbocycles. The minimum Gasteiger partial charge on any atom is -0.340 e. The number of amides is 4. The number of nitrogens with zero attached hydrogens (tertiary/aromatic N) is 2. The minimum atomic E-state index is -0.829. The number of likely N-dealkylation sites (tertiary alicyclic amines) is 1. The van der Waals surface area contributed by atoms with Crippen molar-refractivity contribution in [2.24, 2.45) is 23.2 Å². The lowest BCUT2D eigenvalue weighted by atomic mass is 9.64. The van der Waals surface area contributed by atoms with E-state index in [1.54, 1.807) is 0 Å². The molecule has 3 heterocycles. The van der Waals surface area contributed by atoms with Gasteiger partial charge in [-0.25, -0.2) is 4.79 Å². The summed E-state index contributed by atoms with van der Waals surface area (Å²) in [6.07, 6.45) is 2.34. The average Bonchev–Trinajstić information content (AvgIpc) is 3.14. The smallest absolute Gasteiger partial charge is 0.325 e. The Labute approximate surface area is 167 Å². The molecule has 4 aliphatic rings. The summed E-state index contributed by atoms with van der Waals surface area (Å²) < 4.78 is 0. The van der Waals surface area contributed by atoms with E-state index in [1.165, 1.54) is 0 Å². The topological polar surface area (TPSA) is 81.8 Å². The number of imide groups is 1. The van der Waals surface area contributed by atoms with E-state index in [1.807, 2.05) is 4.90 Å². The molecule has 3 aliphatic heterocycles. The highest BCUT2D eigenvalue weighted by molar-refractivity contribution is 6.09. The van der Waals surface area contributed by atoms with Crippen LogP contribution in [0.3, 0.4) is 0 Å². The summed E-state index contributed by atoms with van der Waals surface area (Å²) in [4.78, 5) is 41.4. The molecule has 2 N–H and O–H groups in total. The lowest BCUT2D eigenvalue weighted by Gasteiger charge is -2.43. The van der Waals surface area contributed by atoms with Crippen molar-refractivity contribution in [1.29, 1.82) is 0 Å². The highest BCUT2D eigenvalue weighted by Crippen LogP contribution is 2.46. The molecule has 7 nitrogen and oxygen atoms in total. The fourth-order valence-electron chi connectivity index (χ4n) is 5.94. The molecule has 152 valence electrons. The van der Waals surface area contributed by atoms with Crippen LogP contribution in [0.15, 0.2) is 0 Å². The zero-order valence-corrected chi connectivity index (χ0v) is 17.2. The van der Waals surface area contributed by atoms with E-state index in [2.05, 4.69) is 31.4 Å². The Bertz CT molecular complexity index is 643. The maximum absolute atomic E-state index is 13.1. The number of rotatable bonds is 2. The summed E-state index contributed by atoms with van der Waals surface area (Å²) in [7, 11) is 0. The predicted molar refractivity (Wildman–Crippen MR) is 103 cm³/mol. The van der Waals surface area contributed by atoms with E-state index in [0.29, 0.717) is 30.6 Å². The quantitative estimate of drug-likeness (QED) is 0.685. The van der Waals surface area contributed by atoms with Gasteiger partial charge in [0.2, 0.25) is 5.91 Å². The molecule has 4 rings (SSSR count). The molecular formula is C19H31ClN4O3. The summed E-state index contributed by atoms with van der Waals surface area (Å²) in [6, 6.07) is -0.408. The van der Waals surface area contributed by atoms with Crippen LogP contribution in [0.4, 0.5) is 4.79 Å². The van der Waals surface area contributed by atoms with Gasteiger partial charge < -0.3 is 15.5 Å². The first-order valence-corrected chi connectivity index (χ1v) is 9.82. The molecule has 0 aromatic heterocycles. The van der Waals surface area contributed by atoms with E-state index in [9.17, 15) is 14.4 Å². The second kappa shape index (κ2) is 6.92. The molecule has 0 radical (unpaired) electrons. The van der Waals surface area contributed by atoms with Gasteiger partial charge in [0.15, 0.2) is 0 Å². The van der Waals surface area contributed by atoms with Gasteiger partial charge in [-0.2, -0.15) is 0 Å². The number of hydrogen-bond donors (Lipinski definition) is 2. The van der Waals surface area contributed by atoms with Crippen LogP contribution in [0, 0.1) is 23.2 Å². The Morgan fingerprint density at radius 1 is 1.15 bits per heavy atom. The zero-order chi connectivity index (χ0) is 18.7. The number of nitrogens with one attached hydrogen (secondary N) is 2. The van der Waals surface area contributed by atoms with Gasteiger partial charge in [-0.05, 0) is 42.4 Å². The largest absolute Gasteiger partial charge is 0.340 e. The summed E-state index contributed by atoms with van der Waals surface area (Å²) in [5, 5.41) is 6.30. The lowest BCUT2D eigenvalue weighted by Crippen LogP contribution is -2.54. The second-order valence-corrected chi connectivity index (χ2v) is 9.74. The van der Waals surface area contributed by atoms with Gasteiger partial charge in [-0.1, -0.05) is 20.8 Å². The molecule has 2 unspecified atom stereocenters. The highest BCUT2D eigenvalue weighted by atomic mass is 35.5. The summed E-state index contributed by atoms with van der Waals surface area (Å²) >= 11 is 0. The van der Waals surface area contributed by atoms with E-state index < -0.39 is 11.6 Å². The van der Waals surface area contributed by atoms with Gasteiger partial charge in [-0.15, -0.1) is 12.4 Å². The third kappa shape index (κ3) is 3.56. The SMILES string of the molecule is CC1CC(C)(C)CC2(C1)NC(=O)N(CC(=O)N1C[C@H]3CNC[C@H]3C1)C2=O.Cl. The molecule has 8 heteroatoms. The number of hydrogen-bond acceptors (Lipinski definition) is 4. The van der Waals surface area contributed by atoms with Crippen LogP contribution in [0.5, 0.6) is 0 Å². The van der Waals surface area contributed by atoms with Crippen molar-refractivity contribution in [2.75, 3.05) is 32.7 Å². The Balaban J connectivity index is 0.00000210. The number of carbonyl (C=O) groups excluding carboxylic acids is 3. The van der Waals surface area contributed by atoms with Crippen molar-refractivity contribution in [1.82, 2.24) is 20.4 Å². The van der Waals surface area contributed by atoms with Crippen molar-refractivity contribution in [3.8, 4) is 0 Å². The third-order valence-corrected chi connectivity index (χ3v) is 6.66. The van der Waals surface area contributed by atoms with Crippen LogP contribution in [-0.2, 0) is 9.59 Å². The van der Waals surface area contributed by atoms with Crippen LogP contribution in [0.2, 0.25) is 0 Å². The van der Waals surface area contributed by atoms with E-state index >= 15 is 0 Å². The molecular weight excluding hydrogens is 368 g/mol. The fourth-order valence-corrected chi connectivity index (χ4v) is 5.94. The maximum Gasteiger partial charge on any atom is 0.325 e. The van der Waals surface area contributed by atoms with Gasteiger partial charge in [-0.3, -0.25) is 14.5 Å². The Morgan fingerprint density at radius 3 is 2.37 bits per heavy atom. The fraction of sp³-hybridized carbons (Fsp3) is 0.842. The summed E-state index contributed by atoms with van der Waals surface area (Å²) in [6.45, 7) is 9.66. The van der Waals surface area contributed by atoms with E-state index in [-0.39, 0.29) is 36.2 Å². The minimum absolute atomic E-state index is 0. The van der Waals surface area contributed by atoms with Gasteiger partial charge in [0.25, 0.3) is 5.91 Å². The first-order chi connectivity index (χ1) is 12.2. The number of halogens is 1. The summed E-state index contributed by atoms with van der Waals surface area (Å²) in [5.41, 5.74) is -0.829. The van der Waals surface area contributed by atoms with Crippen molar-refractivity contribution >= 4 is 30.3 Å². The normalized spacial score (nSPS) is 37.4. The van der Waals surface area contributed by atoms with Crippen molar-refractivity contribution < 1.29 is 14.4 Å². The molecule has 4 fully saturated rings. The number of fused-ring (bicyclic) bond motifs is 1. The Hall–Kier alpha value is -1.34. The molecule has 1 aliphatic carbocycles. The molecule has 3 saturated heterocycles. The zero-order valence-electron chi connectivity index (χ0n) is 16.4. The molecule has 0 bridgehead atoms. The molecule has 4 atom stereocenters. The van der Waals surface area contributed by atoms with Gasteiger partial charge in [0, 0.05) is 26.2 Å². The summed E-state index contributed by atoms with van der Waals surface area (Å²) in [5.74, 6) is 1.06. The van der Waals surface area contributed by atoms with Crippen LogP contribution >= 0.6 is 12.4 Å². The van der Waals surface area contributed by atoms with E-state index in [4.69, 9.17) is 0 Å². The van der Waals surface area contributed by atoms with Crippen LogP contribution in [-0.4, -0.2) is 65.9 Å². The first-order valence-electron chi connectivity index (χ1n) is 9.82. The standard InChI is InChI=1S/C19H30N4O3.ClH/c1-12-4-18(2,3)11-19(5-12)16(25)23(17(26)21-19)10-15(24)22-8-13-6-20-7-14(13)9-22;/h12-14,20H,4-11H2,1-3H3,(H,21,26);1H/t12?,13-,14+,19?;. The van der Waals surface area contributed by atoms with E-state index in [0.717, 1.165) is 37.5 Å². The highest BCUT2D eigenvalue weighted by Gasteiger charge is 2.56. The van der Waals surface area contributed by atoms with Gasteiger partial charge in [0.1, 0.15) is 12.1 Å². The Morgan fingerprint density at radius 2 is 1.78 bits per heavy atom. The van der Waals surface area contributed by atoms with Crippen LogP contribution < -0.4 is 10.6 Å². The molecule has 27 heavy (non-hydrogen) atoms. The maximum atomic E-state index is 13.1.